The van der Waals surface area contributed by atoms with Gasteiger partial charge in [-0.3, -0.25) is 9.59 Å². The molecular formula is C43H49ClN4O2. The molecule has 0 bridgehead atoms. The fourth-order valence-corrected chi connectivity index (χ4v) is 9.14. The lowest BCUT2D eigenvalue weighted by atomic mass is 9.67. The van der Waals surface area contributed by atoms with E-state index in [9.17, 15) is 9.59 Å². The first-order valence-electron chi connectivity index (χ1n) is 18.3. The Hall–Kier alpha value is -4.29. The van der Waals surface area contributed by atoms with Crippen molar-refractivity contribution in [2.45, 2.75) is 84.0 Å². The number of amides is 1. The number of hydrogen-bond donors (Lipinski definition) is 3. The molecule has 6 nitrogen and oxygen atoms in total. The Morgan fingerprint density at radius 3 is 2.42 bits per heavy atom. The standard InChI is InChI=1S/C37H42ClN3O2.C6H7N/c1-37(2,3)21-22-17-24-7-8-27-26-5-4-6-31(38)28(26)9-10-29(27)35(24)25(18-22)19-34(42)41-15-12-23(13-16-41)30-20-33-32(11-14-39-33)40-36(30)43;1-2-4-6-7-5-3-1/h4-8,11,14,20,22-23,25,39H,9-10,12-13,15-19,21H2,1-3H3,(H,40,43);1-7H. The zero-order valence-electron chi connectivity index (χ0n) is 29.5. The maximum absolute atomic E-state index is 14.0. The summed E-state index contributed by atoms with van der Waals surface area (Å²) in [5.74, 6) is 1.24. The van der Waals surface area contributed by atoms with Gasteiger partial charge in [-0.15, -0.1) is 0 Å². The molecule has 4 aromatic rings. The second-order valence-corrected chi connectivity index (χ2v) is 16.1. The van der Waals surface area contributed by atoms with E-state index < -0.39 is 0 Å². The van der Waals surface area contributed by atoms with E-state index >= 15 is 0 Å². The number of allylic oxidation sites excluding steroid dienone is 4. The second kappa shape index (κ2) is 14.5. The van der Waals surface area contributed by atoms with E-state index in [1.807, 2.05) is 61.1 Å². The van der Waals surface area contributed by atoms with Crippen LogP contribution in [0.5, 0.6) is 0 Å². The molecule has 2 atom stereocenters. The predicted octanol–water partition coefficient (Wildman–Crippen LogP) is 9.33. The minimum absolute atomic E-state index is 0.00628. The zero-order valence-corrected chi connectivity index (χ0v) is 30.3. The normalized spacial score (nSPS) is 19.9. The Balaban J connectivity index is 0.000000501. The van der Waals surface area contributed by atoms with E-state index in [1.54, 1.807) is 0 Å². The zero-order chi connectivity index (χ0) is 34.8. The van der Waals surface area contributed by atoms with Crippen LogP contribution in [0.4, 0.5) is 0 Å². The van der Waals surface area contributed by atoms with Gasteiger partial charge >= 0.3 is 0 Å². The van der Waals surface area contributed by atoms with Crippen LogP contribution in [0.25, 0.3) is 22.2 Å². The number of likely N-dealkylation sites (tertiary alicyclic amines) is 1. The maximum Gasteiger partial charge on any atom is 0.252 e. The smallest absolute Gasteiger partial charge is 0.252 e. The molecule has 50 heavy (non-hydrogen) atoms. The van der Waals surface area contributed by atoms with Gasteiger partial charge in [0.2, 0.25) is 5.91 Å². The van der Waals surface area contributed by atoms with E-state index in [2.05, 4.69) is 65.2 Å². The number of piperidine rings is 1. The number of benzene rings is 2. The van der Waals surface area contributed by atoms with Crippen LogP contribution in [0.1, 0.15) is 92.5 Å². The van der Waals surface area contributed by atoms with Gasteiger partial charge in [-0.05, 0) is 132 Å². The van der Waals surface area contributed by atoms with E-state index in [-0.39, 0.29) is 28.7 Å². The van der Waals surface area contributed by atoms with E-state index in [1.165, 1.54) is 33.4 Å². The molecule has 2 unspecified atom stereocenters. The van der Waals surface area contributed by atoms with Gasteiger partial charge in [0, 0.05) is 48.7 Å². The van der Waals surface area contributed by atoms with E-state index in [0.717, 1.165) is 66.6 Å². The van der Waals surface area contributed by atoms with Crippen LogP contribution < -0.4 is 10.9 Å². The SMILES string of the molecule is C1=CC=CNC=C1.CC(C)(C)CC1Cc2ccc3c(c2C(CC(=O)N2CCC(c4cc5[nH]ccc5[nH]c4=O)CC2)C1)CCc1c(Cl)cccc1-3. The van der Waals surface area contributed by atoms with Gasteiger partial charge in [0.15, 0.2) is 0 Å². The van der Waals surface area contributed by atoms with Crippen molar-refractivity contribution in [1.82, 2.24) is 20.2 Å². The van der Waals surface area contributed by atoms with Crippen LogP contribution in [0.15, 0.2) is 90.2 Å². The number of carbonyl (C=O) groups is 1. The number of aromatic nitrogens is 2. The van der Waals surface area contributed by atoms with Gasteiger partial charge in [0.25, 0.3) is 5.56 Å². The Morgan fingerprint density at radius 1 is 0.920 bits per heavy atom. The van der Waals surface area contributed by atoms with Gasteiger partial charge in [0.05, 0.1) is 11.0 Å². The van der Waals surface area contributed by atoms with Crippen LogP contribution in [-0.2, 0) is 24.1 Å². The summed E-state index contributed by atoms with van der Waals surface area (Å²) in [6, 6.07) is 14.8. The monoisotopic (exact) mass is 688 g/mol. The fraction of sp³-hybridized carbons (Fsp3) is 0.395. The second-order valence-electron chi connectivity index (χ2n) is 15.7. The summed E-state index contributed by atoms with van der Waals surface area (Å²) in [6.07, 6.45) is 20.9. The maximum atomic E-state index is 14.0. The molecule has 2 aromatic carbocycles. The average Bonchev–Trinajstić information content (AvgIpc) is 3.33. The molecule has 4 heterocycles. The lowest BCUT2D eigenvalue weighted by molar-refractivity contribution is -0.132. The topological polar surface area (TPSA) is 81.0 Å². The third-order valence-corrected chi connectivity index (χ3v) is 11.3. The van der Waals surface area contributed by atoms with Gasteiger partial charge < -0.3 is 20.2 Å². The lowest BCUT2D eigenvalue weighted by Crippen LogP contribution is -2.40. The van der Waals surface area contributed by atoms with Gasteiger partial charge in [0.1, 0.15) is 0 Å². The number of pyridine rings is 1. The third kappa shape index (κ3) is 7.41. The van der Waals surface area contributed by atoms with Gasteiger partial charge in [-0.1, -0.05) is 68.8 Å². The number of aromatic amines is 2. The molecule has 7 heteroatoms. The lowest BCUT2D eigenvalue weighted by Gasteiger charge is -2.39. The third-order valence-electron chi connectivity index (χ3n) is 10.9. The fourth-order valence-electron chi connectivity index (χ4n) is 8.87. The summed E-state index contributed by atoms with van der Waals surface area (Å²) in [4.78, 5) is 35.1. The van der Waals surface area contributed by atoms with Crippen molar-refractivity contribution >= 4 is 28.5 Å². The van der Waals surface area contributed by atoms with Crippen molar-refractivity contribution in [3.05, 3.63) is 129 Å². The van der Waals surface area contributed by atoms with Crippen LogP contribution in [0.3, 0.4) is 0 Å². The van der Waals surface area contributed by atoms with Crippen LogP contribution in [-0.4, -0.2) is 33.9 Å². The van der Waals surface area contributed by atoms with Crippen molar-refractivity contribution in [1.29, 1.82) is 0 Å². The highest BCUT2D eigenvalue weighted by atomic mass is 35.5. The van der Waals surface area contributed by atoms with Crippen molar-refractivity contribution in [2.75, 3.05) is 13.1 Å². The highest BCUT2D eigenvalue weighted by Gasteiger charge is 2.36. The number of rotatable bonds is 4. The number of H-pyrrole nitrogens is 2. The summed E-state index contributed by atoms with van der Waals surface area (Å²) in [5, 5.41) is 3.78. The number of hydrogen-bond acceptors (Lipinski definition) is 3. The molecule has 1 saturated heterocycles. The number of halogens is 1. The predicted molar refractivity (Wildman–Crippen MR) is 206 cm³/mol. The quantitative estimate of drug-likeness (QED) is 0.200. The summed E-state index contributed by atoms with van der Waals surface area (Å²) in [6.45, 7) is 8.40. The Morgan fingerprint density at radius 2 is 1.66 bits per heavy atom. The van der Waals surface area contributed by atoms with Crippen LogP contribution in [0.2, 0.25) is 5.02 Å². The summed E-state index contributed by atoms with van der Waals surface area (Å²) >= 11 is 6.62. The Labute approximate surface area is 300 Å². The van der Waals surface area contributed by atoms with Crippen molar-refractivity contribution in [3.63, 3.8) is 0 Å². The number of nitrogens with zero attached hydrogens (tertiary/aromatic N) is 1. The van der Waals surface area contributed by atoms with E-state index in [4.69, 9.17) is 11.6 Å². The van der Waals surface area contributed by atoms with Gasteiger partial charge in [-0.2, -0.15) is 0 Å². The Kier molecular flexibility index (Phi) is 9.92. The molecule has 4 aliphatic rings. The highest BCUT2D eigenvalue weighted by molar-refractivity contribution is 6.31. The number of fused-ring (bicyclic) bond motifs is 6. The molecule has 8 rings (SSSR count). The number of carbonyl (C=O) groups excluding carboxylic acids is 1. The van der Waals surface area contributed by atoms with Crippen molar-refractivity contribution < 1.29 is 4.79 Å². The van der Waals surface area contributed by atoms with Gasteiger partial charge in [-0.25, -0.2) is 0 Å². The highest BCUT2D eigenvalue weighted by Crippen LogP contribution is 2.48. The molecule has 260 valence electrons. The Bertz CT molecular complexity index is 2000. The largest absolute Gasteiger partial charge is 0.368 e. The molecule has 1 fully saturated rings. The number of nitrogens with one attached hydrogen (secondary N) is 3. The van der Waals surface area contributed by atoms with Crippen LogP contribution in [0, 0.1) is 11.3 Å². The molecule has 2 aliphatic carbocycles. The molecule has 2 aromatic heterocycles. The summed E-state index contributed by atoms with van der Waals surface area (Å²) in [5.41, 5.74) is 11.0. The van der Waals surface area contributed by atoms with E-state index in [0.29, 0.717) is 25.4 Å². The van der Waals surface area contributed by atoms with Crippen molar-refractivity contribution in [2.24, 2.45) is 11.3 Å². The minimum atomic E-state index is -0.00628. The molecule has 0 radical (unpaired) electrons. The molecule has 2 aliphatic heterocycles. The molecular weight excluding hydrogens is 640 g/mol. The average molecular weight is 689 g/mol. The molecule has 0 saturated carbocycles. The minimum Gasteiger partial charge on any atom is -0.368 e. The first-order chi connectivity index (χ1) is 24.1. The molecule has 3 N–H and O–H groups in total. The van der Waals surface area contributed by atoms with Crippen molar-refractivity contribution in [3.8, 4) is 11.1 Å². The molecule has 0 spiro atoms. The summed E-state index contributed by atoms with van der Waals surface area (Å²) in [7, 11) is 0. The molecule has 1 amide bonds. The van der Waals surface area contributed by atoms with Crippen LogP contribution >= 0.6 is 11.6 Å². The summed E-state index contributed by atoms with van der Waals surface area (Å²) < 4.78 is 0. The first-order valence-corrected chi connectivity index (χ1v) is 18.7. The first kappa shape index (κ1) is 34.2.